The van der Waals surface area contributed by atoms with Crippen LogP contribution in [0.4, 0.5) is 47.8 Å². The Morgan fingerprint density at radius 2 is 0.750 bits per heavy atom. The van der Waals surface area contributed by atoms with Crippen LogP contribution in [0, 0.1) is 17.7 Å². The van der Waals surface area contributed by atoms with Gasteiger partial charge < -0.3 is 29.4 Å². The number of hydrogen-bond acceptors (Lipinski definition) is 21. The first-order valence-electron chi connectivity index (χ1n) is 28.9. The summed E-state index contributed by atoms with van der Waals surface area (Å²) in [6.07, 6.45) is 14.9. The quantitative estimate of drug-likeness (QED) is 0.125. The van der Waals surface area contributed by atoms with E-state index in [4.69, 9.17) is 19.9 Å². The van der Waals surface area contributed by atoms with Crippen LogP contribution in [0.1, 0.15) is 111 Å². The minimum atomic E-state index is -0.424. The number of halogens is 3. The molecule has 0 radical (unpaired) electrons. The third-order valence-corrected chi connectivity index (χ3v) is 18.5. The number of thiazole rings is 3. The van der Waals surface area contributed by atoms with Gasteiger partial charge in [-0.15, -0.1) is 34.0 Å². The second-order valence-corrected chi connectivity index (χ2v) is 24.0. The van der Waals surface area contributed by atoms with E-state index in [1.165, 1.54) is 46.1 Å². The van der Waals surface area contributed by atoms with Gasteiger partial charge in [0.2, 0.25) is 11.9 Å². The second-order valence-electron chi connectivity index (χ2n) is 21.9. The lowest BCUT2D eigenvalue weighted by atomic mass is 9.99. The summed E-state index contributed by atoms with van der Waals surface area (Å²) < 4.78 is 42.9. The van der Waals surface area contributed by atoms with E-state index in [2.05, 4.69) is 90.0 Å². The number of rotatable bonds is 9. The van der Waals surface area contributed by atoms with Gasteiger partial charge in [-0.1, -0.05) is 0 Å². The van der Waals surface area contributed by atoms with E-state index in [9.17, 15) is 13.2 Å². The monoisotopic (exact) mass is 1190 g/mol. The minimum Gasteiger partial charge on any atom is -0.371 e. The molecule has 84 heavy (non-hydrogen) atoms. The van der Waals surface area contributed by atoms with Crippen LogP contribution in [-0.2, 0) is 19.3 Å². The Labute approximate surface area is 497 Å². The highest BCUT2D eigenvalue weighted by molar-refractivity contribution is 7.08. The number of nitrogens with zero attached hydrogens (tertiary/aromatic N) is 18. The van der Waals surface area contributed by atoms with Crippen LogP contribution in [0.5, 0.6) is 0 Å². The van der Waals surface area contributed by atoms with Crippen LogP contribution < -0.4 is 29.4 Å². The molecule has 9 aromatic heterocycles. The maximum absolute atomic E-state index is 14.3. The zero-order chi connectivity index (χ0) is 57.3. The van der Waals surface area contributed by atoms with E-state index in [0.29, 0.717) is 29.1 Å². The zero-order valence-electron chi connectivity index (χ0n) is 47.0. The molecule has 15 heterocycles. The number of hydrogen-bond donors (Lipinski definition) is 0. The van der Waals surface area contributed by atoms with E-state index in [1.807, 2.05) is 46.9 Å². The van der Waals surface area contributed by atoms with Gasteiger partial charge in [-0.3, -0.25) is 0 Å². The highest BCUT2D eigenvalue weighted by atomic mass is 32.1. The molecule has 24 heteroatoms. The molecule has 0 saturated carbocycles. The van der Waals surface area contributed by atoms with Gasteiger partial charge in [0.05, 0.1) is 51.7 Å². The Kier molecular flexibility index (Phi) is 16.1. The SMILES string of the molecule is CC1c2cnc(-c3cscn3)nc2CCN1c1cc(F)cc(N2CCCC2)n1.CC1c2cnc(-c3cscn3)nc2CCN1c1cc(F)nc(N2CCCC2)c1.CC1c2cnc(-c3cscn3)nc2CCN1c1cc(N2CCCC2)cc(F)n1. The minimum absolute atomic E-state index is 0.0361. The van der Waals surface area contributed by atoms with Crippen molar-refractivity contribution in [2.45, 2.75) is 96.7 Å². The average Bonchev–Trinajstić information content (AvgIpc) is 4.25. The normalized spacial score (nSPS) is 19.1. The Hall–Kier alpha value is -7.83. The number of aromatic nitrogens is 12. The predicted octanol–water partition coefficient (Wildman–Crippen LogP) is 11.6. The van der Waals surface area contributed by atoms with Gasteiger partial charge >= 0.3 is 0 Å². The average molecular weight is 1190 g/mol. The molecule has 9 aromatic rings. The summed E-state index contributed by atoms with van der Waals surface area (Å²) in [6, 6.07) is 10.3. The van der Waals surface area contributed by atoms with Crippen molar-refractivity contribution in [2.75, 3.05) is 88.3 Å². The first kappa shape index (κ1) is 55.4. The number of anilines is 6. The molecule has 6 aliphatic rings. The van der Waals surface area contributed by atoms with Gasteiger partial charge in [0.25, 0.3) is 0 Å². The fourth-order valence-corrected chi connectivity index (χ4v) is 13.8. The fraction of sp³-hybridized carbons (Fsp3) is 0.400. The van der Waals surface area contributed by atoms with Crippen LogP contribution in [0.25, 0.3) is 34.6 Å². The molecule has 3 fully saturated rings. The van der Waals surface area contributed by atoms with Crippen molar-refractivity contribution < 1.29 is 13.2 Å². The second kappa shape index (κ2) is 24.4. The summed E-state index contributed by atoms with van der Waals surface area (Å²) in [7, 11) is 0. The Balaban J connectivity index is 0.000000118. The third kappa shape index (κ3) is 11.7. The molecule has 18 nitrogen and oxygen atoms in total. The number of pyridine rings is 3. The molecule has 432 valence electrons. The van der Waals surface area contributed by atoms with Crippen molar-refractivity contribution in [3.05, 3.63) is 139 Å². The maximum atomic E-state index is 14.3. The summed E-state index contributed by atoms with van der Waals surface area (Å²) in [4.78, 5) is 66.9. The largest absolute Gasteiger partial charge is 0.371 e. The molecule has 15 rings (SSSR count). The summed E-state index contributed by atoms with van der Waals surface area (Å²) in [5.41, 5.74) is 16.0. The molecule has 3 atom stereocenters. The lowest BCUT2D eigenvalue weighted by Gasteiger charge is -2.36. The van der Waals surface area contributed by atoms with Gasteiger partial charge in [-0.05, 0) is 59.3 Å². The van der Waals surface area contributed by atoms with Crippen molar-refractivity contribution in [1.82, 2.24) is 59.8 Å². The standard InChI is InChI=1S/3C20H21FN6S/c1-13-15-10-22-20(17-11-28-12-23-17)24-16(15)4-7-27(13)14-8-18(21)25-19(9-14)26-5-2-3-6-26;1-13-15-10-22-20(17-11-28-12-23-17)24-16(15)4-7-27(13)19-9-14(8-18(21)25-19)26-5-2-3-6-26;1-13-15-10-22-20(17-11-28-12-23-17)24-16(15)4-7-27(13)19-9-14(21)8-18(25-19)26-5-2-3-6-26/h3*8-13H,2-7H2,1H3. The lowest BCUT2D eigenvalue weighted by molar-refractivity contribution is 0.562. The molecule has 3 unspecified atom stereocenters. The Morgan fingerprint density at radius 1 is 0.381 bits per heavy atom. The molecule has 3 saturated heterocycles. The fourth-order valence-electron chi connectivity index (χ4n) is 12.3. The van der Waals surface area contributed by atoms with Gasteiger partial charge in [0.15, 0.2) is 17.5 Å². The van der Waals surface area contributed by atoms with Crippen LogP contribution >= 0.6 is 34.0 Å². The molecular formula is C60H63F3N18S3. The summed E-state index contributed by atoms with van der Waals surface area (Å²) in [5.74, 6) is 3.77. The first-order valence-corrected chi connectivity index (χ1v) is 31.7. The van der Waals surface area contributed by atoms with Gasteiger partial charge in [-0.2, -0.15) is 8.78 Å². The topological polar surface area (TPSA) is 174 Å². The van der Waals surface area contributed by atoms with Crippen molar-refractivity contribution in [2.24, 2.45) is 0 Å². The van der Waals surface area contributed by atoms with Crippen LogP contribution in [-0.4, -0.2) is 119 Å². The van der Waals surface area contributed by atoms with E-state index >= 15 is 0 Å². The third-order valence-electron chi connectivity index (χ3n) is 16.8. The van der Waals surface area contributed by atoms with Gasteiger partial charge in [0.1, 0.15) is 46.2 Å². The first-order chi connectivity index (χ1) is 41.1. The molecule has 0 amide bonds. The highest BCUT2D eigenvalue weighted by Crippen LogP contribution is 2.38. The predicted molar refractivity (Wildman–Crippen MR) is 325 cm³/mol. The van der Waals surface area contributed by atoms with E-state index < -0.39 is 11.9 Å². The van der Waals surface area contributed by atoms with Crippen molar-refractivity contribution in [3.8, 4) is 34.6 Å². The molecule has 6 aliphatic heterocycles. The van der Waals surface area contributed by atoms with E-state index in [1.54, 1.807) is 28.7 Å². The smallest absolute Gasteiger partial charge is 0.216 e. The van der Waals surface area contributed by atoms with Gasteiger partial charge in [0, 0.05) is 177 Å². The Morgan fingerprint density at radius 3 is 1.20 bits per heavy atom. The molecule has 0 spiro atoms. The van der Waals surface area contributed by atoms with Crippen LogP contribution in [0.15, 0.2) is 87.7 Å². The molecule has 0 aliphatic carbocycles. The van der Waals surface area contributed by atoms with Gasteiger partial charge in [-0.25, -0.2) is 64.2 Å². The van der Waals surface area contributed by atoms with Crippen LogP contribution in [0.2, 0.25) is 0 Å². The van der Waals surface area contributed by atoms with E-state index in [0.717, 1.165) is 191 Å². The van der Waals surface area contributed by atoms with Crippen molar-refractivity contribution in [1.29, 1.82) is 0 Å². The molecule has 0 aromatic carbocycles. The Bertz CT molecular complexity index is 3340. The zero-order valence-corrected chi connectivity index (χ0v) is 49.5. The number of fused-ring (bicyclic) bond motifs is 3. The van der Waals surface area contributed by atoms with Crippen LogP contribution in [0.3, 0.4) is 0 Å². The highest BCUT2D eigenvalue weighted by Gasteiger charge is 2.32. The van der Waals surface area contributed by atoms with Crippen molar-refractivity contribution >= 4 is 68.7 Å². The van der Waals surface area contributed by atoms with Crippen molar-refractivity contribution in [3.63, 3.8) is 0 Å². The summed E-state index contributed by atoms with van der Waals surface area (Å²) in [6.45, 7) is 14.4. The van der Waals surface area contributed by atoms with E-state index in [-0.39, 0.29) is 23.9 Å². The lowest BCUT2D eigenvalue weighted by Crippen LogP contribution is -2.35. The summed E-state index contributed by atoms with van der Waals surface area (Å²) >= 11 is 4.61. The maximum Gasteiger partial charge on any atom is 0.216 e. The molecule has 0 bridgehead atoms. The molecule has 0 N–H and O–H groups in total. The summed E-state index contributed by atoms with van der Waals surface area (Å²) in [5, 5.41) is 5.87. The molecular weight excluding hydrogens is 1130 g/mol.